The Morgan fingerprint density at radius 2 is 1.92 bits per heavy atom. The molecule has 1 aromatic carbocycles. The first-order valence-electron chi connectivity index (χ1n) is 3.42. The van der Waals surface area contributed by atoms with Gasteiger partial charge in [0.2, 0.25) is 0 Å². The van der Waals surface area contributed by atoms with Crippen LogP contribution in [-0.2, 0) is 0 Å². The number of carbonyl (C=O) groups is 1. The Morgan fingerprint density at radius 3 is 2.33 bits per heavy atom. The third kappa shape index (κ3) is 2.43. The largest absolute Gasteiger partial charge is 0.478 e. The van der Waals surface area contributed by atoms with Crippen LogP contribution >= 0.6 is 0 Å². The zero-order valence-electron chi connectivity index (χ0n) is 7.16. The summed E-state index contributed by atoms with van der Waals surface area (Å²) >= 11 is 0. The van der Waals surface area contributed by atoms with E-state index in [0.717, 1.165) is 11.1 Å². The molecule has 0 saturated carbocycles. The molecule has 61 valence electrons. The second kappa shape index (κ2) is 4.38. The maximum atomic E-state index is 10.5. The molecular formula is C9H10GaO2. The van der Waals surface area contributed by atoms with Gasteiger partial charge < -0.3 is 5.11 Å². The van der Waals surface area contributed by atoms with E-state index in [-0.39, 0.29) is 19.8 Å². The van der Waals surface area contributed by atoms with Crippen molar-refractivity contribution in [1.29, 1.82) is 0 Å². The minimum Gasteiger partial charge on any atom is -0.478 e. The second-order valence-electron chi connectivity index (χ2n) is 2.62. The fourth-order valence-electron chi connectivity index (χ4n) is 1.05. The average molecular weight is 220 g/mol. The molecule has 0 aliphatic carbocycles. The van der Waals surface area contributed by atoms with Gasteiger partial charge in [-0.3, -0.25) is 0 Å². The van der Waals surface area contributed by atoms with Crippen LogP contribution < -0.4 is 0 Å². The molecule has 0 bridgehead atoms. The van der Waals surface area contributed by atoms with E-state index in [1.807, 2.05) is 13.0 Å². The van der Waals surface area contributed by atoms with Gasteiger partial charge in [-0.2, -0.15) is 0 Å². The Labute approximate surface area is 84.7 Å². The molecule has 0 aliphatic rings. The Balaban J connectivity index is 0.00000121. The van der Waals surface area contributed by atoms with E-state index in [0.29, 0.717) is 5.56 Å². The molecule has 0 amide bonds. The summed E-state index contributed by atoms with van der Waals surface area (Å²) < 4.78 is 0. The number of aromatic carboxylic acids is 1. The summed E-state index contributed by atoms with van der Waals surface area (Å²) in [5, 5.41) is 8.66. The van der Waals surface area contributed by atoms with Crippen molar-refractivity contribution in [3.63, 3.8) is 0 Å². The second-order valence-corrected chi connectivity index (χ2v) is 2.62. The van der Waals surface area contributed by atoms with E-state index in [9.17, 15) is 4.79 Å². The minimum absolute atomic E-state index is 0. The third-order valence-electron chi connectivity index (χ3n) is 1.61. The molecule has 0 fully saturated rings. The van der Waals surface area contributed by atoms with E-state index < -0.39 is 5.97 Å². The van der Waals surface area contributed by atoms with Crippen molar-refractivity contribution in [3.05, 3.63) is 34.9 Å². The molecule has 0 aromatic heterocycles. The number of rotatable bonds is 1. The first-order valence-corrected chi connectivity index (χ1v) is 3.42. The Morgan fingerprint density at radius 1 is 1.33 bits per heavy atom. The normalized spacial score (nSPS) is 8.83. The third-order valence-corrected chi connectivity index (χ3v) is 1.61. The van der Waals surface area contributed by atoms with Crippen molar-refractivity contribution in [2.75, 3.05) is 0 Å². The van der Waals surface area contributed by atoms with Crippen LogP contribution in [0.2, 0.25) is 0 Å². The van der Waals surface area contributed by atoms with Gasteiger partial charge >= 0.3 is 5.97 Å². The van der Waals surface area contributed by atoms with Crippen LogP contribution in [0.3, 0.4) is 0 Å². The molecule has 12 heavy (non-hydrogen) atoms. The molecule has 0 heterocycles. The first-order chi connectivity index (χ1) is 5.11. The summed E-state index contributed by atoms with van der Waals surface area (Å²) in [4.78, 5) is 10.5. The van der Waals surface area contributed by atoms with Crippen molar-refractivity contribution in [3.8, 4) is 0 Å². The van der Waals surface area contributed by atoms with Crippen molar-refractivity contribution < 1.29 is 9.90 Å². The minimum atomic E-state index is -0.859. The number of hydrogen-bond acceptors (Lipinski definition) is 1. The molecule has 3 heteroatoms. The molecule has 1 aromatic rings. The SMILES string of the molecule is Cc1ccc(C(=O)O)c(C)c1.[Ga]. The van der Waals surface area contributed by atoms with Gasteiger partial charge in [0.05, 0.1) is 5.56 Å². The molecule has 2 nitrogen and oxygen atoms in total. The van der Waals surface area contributed by atoms with Gasteiger partial charge in [-0.1, -0.05) is 17.7 Å². The summed E-state index contributed by atoms with van der Waals surface area (Å²) in [6.07, 6.45) is 0. The molecule has 1 N–H and O–H groups in total. The number of carboxylic acids is 1. The van der Waals surface area contributed by atoms with Gasteiger partial charge in [-0.15, -0.1) is 0 Å². The Bertz CT molecular complexity index is 295. The molecular weight excluding hydrogens is 210 g/mol. The average Bonchev–Trinajstić information content (AvgIpc) is 1.85. The fraction of sp³-hybridized carbons (Fsp3) is 0.222. The van der Waals surface area contributed by atoms with Gasteiger partial charge in [0.1, 0.15) is 0 Å². The monoisotopic (exact) mass is 219 g/mol. The topological polar surface area (TPSA) is 37.3 Å². The summed E-state index contributed by atoms with van der Waals surface area (Å²) in [5.74, 6) is -0.859. The number of benzene rings is 1. The Kier molecular flexibility index (Phi) is 4.13. The standard InChI is InChI=1S/C9H10O2.Ga/c1-6-3-4-8(9(10)11)7(2)5-6;/h3-5H,1-2H3,(H,10,11);. The van der Waals surface area contributed by atoms with Crippen molar-refractivity contribution in [2.45, 2.75) is 13.8 Å². The maximum Gasteiger partial charge on any atom is 0.335 e. The van der Waals surface area contributed by atoms with Crippen LogP contribution in [-0.4, -0.2) is 30.9 Å². The molecule has 3 radical (unpaired) electrons. The van der Waals surface area contributed by atoms with Crippen molar-refractivity contribution in [1.82, 2.24) is 0 Å². The van der Waals surface area contributed by atoms with E-state index in [1.54, 1.807) is 19.1 Å². The summed E-state index contributed by atoms with van der Waals surface area (Å²) in [6.45, 7) is 3.75. The van der Waals surface area contributed by atoms with Crippen molar-refractivity contribution in [2.24, 2.45) is 0 Å². The summed E-state index contributed by atoms with van der Waals surface area (Å²) in [5.41, 5.74) is 2.29. The van der Waals surface area contributed by atoms with E-state index in [2.05, 4.69) is 0 Å². The van der Waals surface area contributed by atoms with Gasteiger partial charge in [0.25, 0.3) is 0 Å². The van der Waals surface area contributed by atoms with Gasteiger partial charge in [0, 0.05) is 19.8 Å². The molecule has 0 aliphatic heterocycles. The zero-order valence-corrected chi connectivity index (χ0v) is 9.59. The number of hydrogen-bond donors (Lipinski definition) is 1. The predicted octanol–water partition coefficient (Wildman–Crippen LogP) is 1.62. The van der Waals surface area contributed by atoms with Crippen LogP contribution in [0.5, 0.6) is 0 Å². The van der Waals surface area contributed by atoms with Crippen LogP contribution in [0.4, 0.5) is 0 Å². The first kappa shape index (κ1) is 11.3. The maximum absolute atomic E-state index is 10.5. The van der Waals surface area contributed by atoms with Gasteiger partial charge in [-0.05, 0) is 25.5 Å². The number of carboxylic acid groups (broad SMARTS) is 1. The molecule has 0 unspecified atom stereocenters. The summed E-state index contributed by atoms with van der Waals surface area (Å²) in [7, 11) is 0. The molecule has 0 saturated heterocycles. The smallest absolute Gasteiger partial charge is 0.335 e. The fourth-order valence-corrected chi connectivity index (χ4v) is 1.05. The van der Waals surface area contributed by atoms with E-state index >= 15 is 0 Å². The number of aryl methyl sites for hydroxylation is 2. The van der Waals surface area contributed by atoms with Crippen molar-refractivity contribution >= 4 is 25.8 Å². The predicted molar refractivity (Wildman–Crippen MR) is 48.6 cm³/mol. The molecule has 0 spiro atoms. The van der Waals surface area contributed by atoms with E-state index in [1.165, 1.54) is 0 Å². The van der Waals surface area contributed by atoms with Crippen LogP contribution in [0.1, 0.15) is 21.5 Å². The zero-order chi connectivity index (χ0) is 8.43. The van der Waals surface area contributed by atoms with Gasteiger partial charge in [0.15, 0.2) is 0 Å². The molecule has 0 atom stereocenters. The molecule has 1 rings (SSSR count). The van der Waals surface area contributed by atoms with Crippen LogP contribution in [0, 0.1) is 13.8 Å². The quantitative estimate of drug-likeness (QED) is 0.730. The Hall–Kier alpha value is -0.674. The van der Waals surface area contributed by atoms with Crippen LogP contribution in [0.15, 0.2) is 18.2 Å². The van der Waals surface area contributed by atoms with Crippen LogP contribution in [0.25, 0.3) is 0 Å². The summed E-state index contributed by atoms with van der Waals surface area (Å²) in [6, 6.07) is 5.30. The van der Waals surface area contributed by atoms with E-state index in [4.69, 9.17) is 5.11 Å². The van der Waals surface area contributed by atoms with Gasteiger partial charge in [-0.25, -0.2) is 4.79 Å².